The van der Waals surface area contributed by atoms with Gasteiger partial charge in [0.15, 0.2) is 0 Å². The van der Waals surface area contributed by atoms with Crippen LogP contribution >= 0.6 is 11.6 Å². The molecule has 1 aromatic rings. The number of halogens is 1. The van der Waals surface area contributed by atoms with Gasteiger partial charge in [0.05, 0.1) is 12.1 Å². The third kappa shape index (κ3) is 2.20. The maximum absolute atomic E-state index is 6.21. The summed E-state index contributed by atoms with van der Waals surface area (Å²) in [6.45, 7) is 6.70. The Balaban J connectivity index is 2.54. The van der Waals surface area contributed by atoms with Crippen molar-refractivity contribution in [2.75, 3.05) is 7.11 Å². The first-order valence-corrected chi connectivity index (χ1v) is 6.19. The summed E-state index contributed by atoms with van der Waals surface area (Å²) in [5.41, 5.74) is 2.93. The smallest absolute Gasteiger partial charge is 0.137 e. The lowest BCUT2D eigenvalue weighted by Gasteiger charge is -2.24. The van der Waals surface area contributed by atoms with Gasteiger partial charge in [0.1, 0.15) is 5.75 Å². The second kappa shape index (κ2) is 3.96. The molecule has 0 saturated heterocycles. The third-order valence-corrected chi connectivity index (χ3v) is 3.44. The van der Waals surface area contributed by atoms with Crippen molar-refractivity contribution >= 4 is 11.6 Å². The zero-order valence-corrected chi connectivity index (χ0v) is 11.2. The van der Waals surface area contributed by atoms with E-state index < -0.39 is 0 Å². The van der Waals surface area contributed by atoms with Crippen molar-refractivity contribution in [1.29, 1.82) is 0 Å². The van der Waals surface area contributed by atoms with E-state index in [4.69, 9.17) is 16.3 Å². The summed E-state index contributed by atoms with van der Waals surface area (Å²) < 4.78 is 5.30. The van der Waals surface area contributed by atoms with Crippen molar-refractivity contribution in [2.45, 2.75) is 44.9 Å². The van der Waals surface area contributed by atoms with E-state index in [0.29, 0.717) is 0 Å². The highest BCUT2D eigenvalue weighted by Crippen LogP contribution is 2.47. The monoisotopic (exact) mass is 238 g/mol. The zero-order valence-electron chi connectivity index (χ0n) is 10.4. The van der Waals surface area contributed by atoms with Crippen LogP contribution in [0.3, 0.4) is 0 Å². The topological polar surface area (TPSA) is 9.23 Å². The Morgan fingerprint density at radius 1 is 1.25 bits per heavy atom. The van der Waals surface area contributed by atoms with Crippen LogP contribution in [0.2, 0.25) is 5.02 Å². The Bertz CT molecular complexity index is 400. The molecular weight excluding hydrogens is 220 g/mol. The molecule has 1 aliphatic rings. The summed E-state index contributed by atoms with van der Waals surface area (Å²) >= 11 is 6.21. The third-order valence-electron chi connectivity index (χ3n) is 3.15. The highest BCUT2D eigenvalue weighted by molar-refractivity contribution is 6.32. The predicted molar refractivity (Wildman–Crippen MR) is 68.7 cm³/mol. The van der Waals surface area contributed by atoms with Crippen molar-refractivity contribution < 1.29 is 4.74 Å². The maximum Gasteiger partial charge on any atom is 0.137 e. The van der Waals surface area contributed by atoms with Crippen LogP contribution < -0.4 is 4.74 Å². The van der Waals surface area contributed by atoms with Crippen LogP contribution in [0, 0.1) is 0 Å². The molecule has 0 amide bonds. The molecule has 0 spiro atoms. The summed E-state index contributed by atoms with van der Waals surface area (Å²) in [7, 11) is 1.68. The molecule has 0 heterocycles. The van der Waals surface area contributed by atoms with Gasteiger partial charge < -0.3 is 4.74 Å². The van der Waals surface area contributed by atoms with Gasteiger partial charge in [-0.3, -0.25) is 0 Å². The van der Waals surface area contributed by atoms with E-state index >= 15 is 0 Å². The first kappa shape index (κ1) is 11.8. The molecule has 0 aliphatic heterocycles. The number of benzene rings is 1. The van der Waals surface area contributed by atoms with Gasteiger partial charge in [0.2, 0.25) is 0 Å². The molecule has 1 saturated carbocycles. The van der Waals surface area contributed by atoms with Crippen LogP contribution in [-0.2, 0) is 5.41 Å². The Morgan fingerprint density at radius 2 is 1.88 bits per heavy atom. The SMILES string of the molecule is COc1cc(C2CC2)c(C(C)(C)C)cc1Cl. The fourth-order valence-electron chi connectivity index (χ4n) is 2.11. The molecular formula is C14H19ClO. The quantitative estimate of drug-likeness (QED) is 0.736. The second-order valence-electron chi connectivity index (χ2n) is 5.60. The van der Waals surface area contributed by atoms with E-state index in [-0.39, 0.29) is 5.41 Å². The van der Waals surface area contributed by atoms with E-state index in [1.165, 1.54) is 24.0 Å². The number of rotatable bonds is 2. The van der Waals surface area contributed by atoms with Gasteiger partial charge in [-0.05, 0) is 47.4 Å². The minimum absolute atomic E-state index is 0.147. The van der Waals surface area contributed by atoms with Gasteiger partial charge in [0, 0.05) is 0 Å². The molecule has 16 heavy (non-hydrogen) atoms. The van der Waals surface area contributed by atoms with Crippen LogP contribution in [0.25, 0.3) is 0 Å². The average Bonchev–Trinajstić information content (AvgIpc) is 2.99. The summed E-state index contributed by atoms with van der Waals surface area (Å²) in [4.78, 5) is 0. The molecule has 1 nitrogen and oxygen atoms in total. The second-order valence-corrected chi connectivity index (χ2v) is 6.01. The van der Waals surface area contributed by atoms with Gasteiger partial charge in [-0.1, -0.05) is 32.4 Å². The van der Waals surface area contributed by atoms with E-state index in [1.54, 1.807) is 7.11 Å². The highest BCUT2D eigenvalue weighted by atomic mass is 35.5. The van der Waals surface area contributed by atoms with Crippen molar-refractivity contribution in [3.8, 4) is 5.75 Å². The minimum atomic E-state index is 0.147. The zero-order chi connectivity index (χ0) is 11.9. The van der Waals surface area contributed by atoms with Crippen LogP contribution in [0.15, 0.2) is 12.1 Å². The lowest BCUT2D eigenvalue weighted by molar-refractivity contribution is 0.413. The van der Waals surface area contributed by atoms with Crippen LogP contribution in [0.1, 0.15) is 50.7 Å². The van der Waals surface area contributed by atoms with E-state index in [1.807, 2.05) is 0 Å². The summed E-state index contributed by atoms with van der Waals surface area (Å²) in [5, 5.41) is 0.719. The molecule has 0 radical (unpaired) electrons. The van der Waals surface area contributed by atoms with Crippen molar-refractivity contribution in [3.63, 3.8) is 0 Å². The van der Waals surface area contributed by atoms with Crippen molar-refractivity contribution in [3.05, 3.63) is 28.3 Å². The molecule has 0 atom stereocenters. The van der Waals surface area contributed by atoms with Crippen LogP contribution in [0.4, 0.5) is 0 Å². The molecule has 88 valence electrons. The Kier molecular flexibility index (Phi) is 2.91. The normalized spacial score (nSPS) is 16.3. The lowest BCUT2D eigenvalue weighted by Crippen LogP contribution is -2.14. The standard InChI is InChI=1S/C14H19ClO/c1-14(2,3)11-8-12(15)13(16-4)7-10(11)9-5-6-9/h7-9H,5-6H2,1-4H3. The van der Waals surface area contributed by atoms with Gasteiger partial charge >= 0.3 is 0 Å². The van der Waals surface area contributed by atoms with Crippen LogP contribution in [0.5, 0.6) is 5.75 Å². The molecule has 0 unspecified atom stereocenters. The number of hydrogen-bond acceptors (Lipinski definition) is 1. The van der Waals surface area contributed by atoms with Crippen molar-refractivity contribution in [1.82, 2.24) is 0 Å². The van der Waals surface area contributed by atoms with Gasteiger partial charge in [0.25, 0.3) is 0 Å². The number of methoxy groups -OCH3 is 1. The van der Waals surface area contributed by atoms with E-state index in [9.17, 15) is 0 Å². The molecule has 1 aromatic carbocycles. The van der Waals surface area contributed by atoms with Crippen LogP contribution in [-0.4, -0.2) is 7.11 Å². The Hall–Kier alpha value is -0.690. The fourth-order valence-corrected chi connectivity index (χ4v) is 2.35. The average molecular weight is 239 g/mol. The molecule has 2 rings (SSSR count). The fraction of sp³-hybridized carbons (Fsp3) is 0.571. The summed E-state index contributed by atoms with van der Waals surface area (Å²) in [6.07, 6.45) is 2.60. The minimum Gasteiger partial charge on any atom is -0.495 e. The Morgan fingerprint density at radius 3 is 2.31 bits per heavy atom. The maximum atomic E-state index is 6.21. The first-order chi connectivity index (χ1) is 7.43. The first-order valence-electron chi connectivity index (χ1n) is 5.81. The van der Waals surface area contributed by atoms with E-state index in [0.717, 1.165) is 16.7 Å². The molecule has 0 aromatic heterocycles. The highest BCUT2D eigenvalue weighted by Gasteiger charge is 2.30. The largest absolute Gasteiger partial charge is 0.495 e. The van der Waals surface area contributed by atoms with Gasteiger partial charge in [-0.2, -0.15) is 0 Å². The summed E-state index contributed by atoms with van der Waals surface area (Å²) in [6, 6.07) is 4.20. The van der Waals surface area contributed by atoms with E-state index in [2.05, 4.69) is 32.9 Å². The molecule has 2 heteroatoms. The molecule has 0 N–H and O–H groups in total. The molecule has 0 bridgehead atoms. The Labute approximate surface area is 103 Å². The lowest BCUT2D eigenvalue weighted by atomic mass is 9.82. The van der Waals surface area contributed by atoms with Gasteiger partial charge in [-0.15, -0.1) is 0 Å². The number of ether oxygens (including phenoxy) is 1. The number of hydrogen-bond donors (Lipinski definition) is 0. The molecule has 1 aliphatic carbocycles. The molecule has 1 fully saturated rings. The summed E-state index contributed by atoms with van der Waals surface area (Å²) in [5.74, 6) is 1.52. The predicted octanol–water partition coefficient (Wildman–Crippen LogP) is 4.52. The van der Waals surface area contributed by atoms with Crippen molar-refractivity contribution in [2.24, 2.45) is 0 Å². The van der Waals surface area contributed by atoms with Gasteiger partial charge in [-0.25, -0.2) is 0 Å².